The van der Waals surface area contributed by atoms with E-state index in [2.05, 4.69) is 26.2 Å². The minimum absolute atomic E-state index is 0.0508. The molecule has 0 spiro atoms. The van der Waals surface area contributed by atoms with Gasteiger partial charge in [0.15, 0.2) is 5.11 Å². The van der Waals surface area contributed by atoms with E-state index in [1.54, 1.807) is 0 Å². The molecule has 1 aliphatic heterocycles. The van der Waals surface area contributed by atoms with Crippen molar-refractivity contribution in [2.24, 2.45) is 0 Å². The molecular formula is C20H28N4O2S. The number of fused-ring (bicyclic) bond motifs is 1. The van der Waals surface area contributed by atoms with Gasteiger partial charge in [0.2, 0.25) is 0 Å². The third-order valence-electron chi connectivity index (χ3n) is 4.95. The molecule has 27 heavy (non-hydrogen) atoms. The van der Waals surface area contributed by atoms with Crippen molar-refractivity contribution < 1.29 is 4.74 Å². The summed E-state index contributed by atoms with van der Waals surface area (Å²) in [7, 11) is 1.82. The Morgan fingerprint density at radius 1 is 1.33 bits per heavy atom. The maximum atomic E-state index is 12.5. The van der Waals surface area contributed by atoms with Crippen molar-refractivity contribution in [1.82, 2.24) is 20.1 Å². The molecule has 7 heteroatoms. The van der Waals surface area contributed by atoms with E-state index in [-0.39, 0.29) is 5.56 Å². The zero-order valence-corrected chi connectivity index (χ0v) is 16.9. The first-order valence-electron chi connectivity index (χ1n) is 9.46. The van der Waals surface area contributed by atoms with Crippen LogP contribution in [0.2, 0.25) is 0 Å². The number of morpholine rings is 1. The Kier molecular flexibility index (Phi) is 6.82. The van der Waals surface area contributed by atoms with Crippen molar-refractivity contribution in [3.05, 3.63) is 45.7 Å². The summed E-state index contributed by atoms with van der Waals surface area (Å²) in [6.07, 6.45) is 0.993. The monoisotopic (exact) mass is 388 g/mol. The van der Waals surface area contributed by atoms with Crippen molar-refractivity contribution in [2.45, 2.75) is 19.9 Å². The van der Waals surface area contributed by atoms with E-state index in [1.807, 2.05) is 32.2 Å². The van der Waals surface area contributed by atoms with E-state index in [4.69, 9.17) is 17.0 Å². The number of pyridine rings is 1. The van der Waals surface area contributed by atoms with Gasteiger partial charge in [-0.15, -0.1) is 0 Å². The van der Waals surface area contributed by atoms with E-state index in [0.29, 0.717) is 11.7 Å². The number of thiocarbonyl (C=S) groups is 1. The predicted octanol–water partition coefficient (Wildman–Crippen LogP) is 1.87. The highest BCUT2D eigenvalue weighted by Crippen LogP contribution is 2.14. The van der Waals surface area contributed by atoms with Crippen molar-refractivity contribution >= 4 is 28.2 Å². The lowest BCUT2D eigenvalue weighted by atomic mass is 10.1. The Balaban J connectivity index is 1.69. The first-order valence-corrected chi connectivity index (χ1v) is 9.87. The molecule has 0 unspecified atom stereocenters. The van der Waals surface area contributed by atoms with E-state index in [1.165, 1.54) is 0 Å². The van der Waals surface area contributed by atoms with Crippen molar-refractivity contribution in [3.8, 4) is 0 Å². The van der Waals surface area contributed by atoms with Crippen LogP contribution in [0.5, 0.6) is 0 Å². The van der Waals surface area contributed by atoms with Crippen LogP contribution in [-0.2, 0) is 11.3 Å². The van der Waals surface area contributed by atoms with Gasteiger partial charge in [-0.3, -0.25) is 9.69 Å². The predicted molar refractivity (Wildman–Crippen MR) is 113 cm³/mol. The number of benzene rings is 1. The van der Waals surface area contributed by atoms with Gasteiger partial charge in [-0.25, -0.2) is 0 Å². The first kappa shape index (κ1) is 19.8. The van der Waals surface area contributed by atoms with Gasteiger partial charge in [0.05, 0.1) is 19.8 Å². The number of ether oxygens (including phenoxy) is 1. The molecule has 3 rings (SSSR count). The van der Waals surface area contributed by atoms with Crippen LogP contribution >= 0.6 is 12.2 Å². The molecular weight excluding hydrogens is 360 g/mol. The van der Waals surface area contributed by atoms with E-state index in [0.717, 1.165) is 67.8 Å². The molecule has 1 fully saturated rings. The minimum atomic E-state index is -0.0508. The summed E-state index contributed by atoms with van der Waals surface area (Å²) < 4.78 is 5.40. The Bertz CT molecular complexity index is 845. The van der Waals surface area contributed by atoms with Gasteiger partial charge < -0.3 is 19.9 Å². The highest BCUT2D eigenvalue weighted by Gasteiger charge is 2.14. The standard InChI is InChI=1S/C20H28N4O2S/c1-15-4-5-16-13-17(19(25)22-18(16)12-15)14-24(20(27)21-2)7-3-6-23-8-10-26-11-9-23/h4-5,12-13H,3,6-11,14H2,1-2H3,(H,21,27)(H,22,25). The van der Waals surface area contributed by atoms with Gasteiger partial charge in [-0.2, -0.15) is 0 Å². The molecule has 0 atom stereocenters. The number of aromatic amines is 1. The van der Waals surface area contributed by atoms with Crippen molar-refractivity contribution in [3.63, 3.8) is 0 Å². The molecule has 0 bridgehead atoms. The minimum Gasteiger partial charge on any atom is -0.379 e. The van der Waals surface area contributed by atoms with Gasteiger partial charge in [0, 0.05) is 44.3 Å². The van der Waals surface area contributed by atoms with Crippen molar-refractivity contribution in [2.75, 3.05) is 46.4 Å². The average Bonchev–Trinajstić information content (AvgIpc) is 2.68. The second-order valence-corrected chi connectivity index (χ2v) is 7.39. The Morgan fingerprint density at radius 3 is 2.85 bits per heavy atom. The van der Waals surface area contributed by atoms with Crippen LogP contribution in [0.25, 0.3) is 10.9 Å². The Labute approximate surface area is 165 Å². The third-order valence-corrected chi connectivity index (χ3v) is 5.41. The molecule has 0 aliphatic carbocycles. The lowest BCUT2D eigenvalue weighted by molar-refractivity contribution is 0.0367. The highest BCUT2D eigenvalue weighted by atomic mass is 32.1. The summed E-state index contributed by atoms with van der Waals surface area (Å²) in [4.78, 5) is 20.0. The number of rotatable bonds is 6. The largest absolute Gasteiger partial charge is 0.379 e. The summed E-state index contributed by atoms with van der Waals surface area (Å²) in [6.45, 7) is 7.94. The Morgan fingerprint density at radius 2 is 2.11 bits per heavy atom. The summed E-state index contributed by atoms with van der Waals surface area (Å²) >= 11 is 5.47. The molecule has 6 nitrogen and oxygen atoms in total. The van der Waals surface area contributed by atoms with Crippen LogP contribution < -0.4 is 10.9 Å². The summed E-state index contributed by atoms with van der Waals surface area (Å²) in [5, 5.41) is 4.76. The van der Waals surface area contributed by atoms with Gasteiger partial charge in [-0.05, 0) is 48.6 Å². The summed E-state index contributed by atoms with van der Waals surface area (Å²) in [5.41, 5.74) is 2.69. The topological polar surface area (TPSA) is 60.6 Å². The summed E-state index contributed by atoms with van der Waals surface area (Å²) in [5.74, 6) is 0. The lowest BCUT2D eigenvalue weighted by Gasteiger charge is -2.29. The lowest BCUT2D eigenvalue weighted by Crippen LogP contribution is -2.41. The number of hydrogen-bond acceptors (Lipinski definition) is 4. The van der Waals surface area contributed by atoms with Crippen LogP contribution in [0.4, 0.5) is 0 Å². The van der Waals surface area contributed by atoms with Gasteiger partial charge in [0.25, 0.3) is 5.56 Å². The number of nitrogens with zero attached hydrogens (tertiary/aromatic N) is 2. The number of hydrogen-bond donors (Lipinski definition) is 2. The molecule has 0 amide bonds. The number of aromatic nitrogens is 1. The van der Waals surface area contributed by atoms with Crippen LogP contribution in [-0.4, -0.2) is 66.3 Å². The molecule has 1 aromatic heterocycles. The normalized spacial score (nSPS) is 15.0. The number of aryl methyl sites for hydroxylation is 1. The van der Waals surface area contributed by atoms with E-state index in [9.17, 15) is 4.79 Å². The van der Waals surface area contributed by atoms with Crippen LogP contribution in [0, 0.1) is 6.92 Å². The number of H-pyrrole nitrogens is 1. The van der Waals surface area contributed by atoms with Crippen LogP contribution in [0.3, 0.4) is 0 Å². The zero-order chi connectivity index (χ0) is 19.2. The summed E-state index contributed by atoms with van der Waals surface area (Å²) in [6, 6.07) is 8.08. The maximum absolute atomic E-state index is 12.5. The second-order valence-electron chi connectivity index (χ2n) is 7.00. The number of nitrogens with one attached hydrogen (secondary N) is 2. The SMILES string of the molecule is CNC(=S)N(CCCN1CCOCC1)Cc1cc2ccc(C)cc2[nH]c1=O. The molecule has 2 aromatic rings. The smallest absolute Gasteiger partial charge is 0.253 e. The third kappa shape index (κ3) is 5.28. The molecule has 0 saturated carbocycles. The van der Waals surface area contributed by atoms with Crippen LogP contribution in [0.1, 0.15) is 17.5 Å². The second kappa shape index (κ2) is 9.30. The fourth-order valence-electron chi connectivity index (χ4n) is 3.40. The molecule has 1 aromatic carbocycles. The average molecular weight is 389 g/mol. The zero-order valence-electron chi connectivity index (χ0n) is 16.1. The highest BCUT2D eigenvalue weighted by molar-refractivity contribution is 7.80. The molecule has 2 heterocycles. The maximum Gasteiger partial charge on any atom is 0.253 e. The van der Waals surface area contributed by atoms with Crippen LogP contribution in [0.15, 0.2) is 29.1 Å². The van der Waals surface area contributed by atoms with Gasteiger partial charge in [0.1, 0.15) is 0 Å². The fraction of sp³-hybridized carbons (Fsp3) is 0.500. The van der Waals surface area contributed by atoms with Gasteiger partial charge >= 0.3 is 0 Å². The molecule has 0 radical (unpaired) electrons. The molecule has 146 valence electrons. The van der Waals surface area contributed by atoms with E-state index >= 15 is 0 Å². The van der Waals surface area contributed by atoms with E-state index < -0.39 is 0 Å². The molecule has 2 N–H and O–H groups in total. The van der Waals surface area contributed by atoms with Gasteiger partial charge in [-0.1, -0.05) is 12.1 Å². The molecule has 1 aliphatic rings. The Hall–Kier alpha value is -1.96. The van der Waals surface area contributed by atoms with Crippen molar-refractivity contribution in [1.29, 1.82) is 0 Å². The fourth-order valence-corrected chi connectivity index (χ4v) is 3.56. The first-order chi connectivity index (χ1) is 13.1. The quantitative estimate of drug-likeness (QED) is 0.737. The molecule has 1 saturated heterocycles.